The lowest BCUT2D eigenvalue weighted by molar-refractivity contribution is -0.118. The van der Waals surface area contributed by atoms with Gasteiger partial charge in [-0.3, -0.25) is 4.79 Å². The summed E-state index contributed by atoms with van der Waals surface area (Å²) < 4.78 is 0. The maximum atomic E-state index is 12.4. The number of hydrogen-bond acceptors (Lipinski definition) is 3. The molecule has 0 radical (unpaired) electrons. The molecule has 4 nitrogen and oxygen atoms in total. The lowest BCUT2D eigenvalue weighted by Gasteiger charge is -2.23. The summed E-state index contributed by atoms with van der Waals surface area (Å²) >= 11 is 0. The summed E-state index contributed by atoms with van der Waals surface area (Å²) in [5, 5.41) is 3.34. The molecule has 4 heteroatoms. The van der Waals surface area contributed by atoms with E-state index in [1.165, 1.54) is 5.69 Å². The van der Waals surface area contributed by atoms with Gasteiger partial charge < -0.3 is 15.1 Å². The van der Waals surface area contributed by atoms with Crippen LogP contribution in [0.15, 0.2) is 24.3 Å². The number of nitrogens with one attached hydrogen (secondary N) is 1. The van der Waals surface area contributed by atoms with E-state index in [1.807, 2.05) is 4.90 Å². The largest absolute Gasteiger partial charge is 0.372 e. The number of amides is 1. The molecule has 2 rings (SSSR count). The van der Waals surface area contributed by atoms with Gasteiger partial charge in [0.25, 0.3) is 0 Å². The highest BCUT2D eigenvalue weighted by molar-refractivity contribution is 5.99. The molecule has 1 aliphatic heterocycles. The topological polar surface area (TPSA) is 35.6 Å². The Bertz CT molecular complexity index is 465. The van der Waals surface area contributed by atoms with Gasteiger partial charge in [-0.05, 0) is 44.5 Å². The Morgan fingerprint density at radius 3 is 2.38 bits per heavy atom. The first-order valence-corrected chi connectivity index (χ1v) is 7.99. The molecule has 0 saturated carbocycles. The van der Waals surface area contributed by atoms with E-state index in [0.717, 1.165) is 31.7 Å². The van der Waals surface area contributed by atoms with Crippen molar-refractivity contribution < 1.29 is 4.79 Å². The average Bonchev–Trinajstić information content (AvgIpc) is 2.82. The minimum atomic E-state index is -0.0348. The molecule has 1 aromatic carbocycles. The van der Waals surface area contributed by atoms with Crippen molar-refractivity contribution in [2.24, 2.45) is 0 Å². The number of hydrogen-bond donors (Lipinski definition) is 1. The molecule has 1 atom stereocenters. The van der Waals surface area contributed by atoms with Crippen molar-refractivity contribution in [3.8, 4) is 0 Å². The molecule has 1 aromatic rings. The van der Waals surface area contributed by atoms with Gasteiger partial charge in [0.15, 0.2) is 0 Å². The molecule has 1 N–H and O–H groups in total. The summed E-state index contributed by atoms with van der Waals surface area (Å²) in [6.45, 7) is 11.3. The molecule has 21 heavy (non-hydrogen) atoms. The molecule has 1 aliphatic rings. The van der Waals surface area contributed by atoms with E-state index in [1.54, 1.807) is 0 Å². The first kappa shape index (κ1) is 15.8. The fraction of sp³-hybridized carbons (Fsp3) is 0.588. The monoisotopic (exact) mass is 289 g/mol. The highest BCUT2D eigenvalue weighted by Crippen LogP contribution is 2.25. The molecule has 1 fully saturated rings. The first-order valence-electron chi connectivity index (χ1n) is 7.99. The zero-order valence-corrected chi connectivity index (χ0v) is 13.6. The maximum absolute atomic E-state index is 12.4. The quantitative estimate of drug-likeness (QED) is 0.874. The van der Waals surface area contributed by atoms with E-state index in [9.17, 15) is 4.79 Å². The van der Waals surface area contributed by atoms with Crippen LogP contribution in [0.1, 0.15) is 34.1 Å². The van der Waals surface area contributed by atoms with Gasteiger partial charge in [0.2, 0.25) is 5.91 Å². The minimum Gasteiger partial charge on any atom is -0.372 e. The Kier molecular flexibility index (Phi) is 5.23. The fourth-order valence-corrected chi connectivity index (χ4v) is 2.93. The summed E-state index contributed by atoms with van der Waals surface area (Å²) in [5.74, 6) is 0.194. The Hall–Kier alpha value is -1.55. The van der Waals surface area contributed by atoms with Crippen LogP contribution < -0.4 is 15.1 Å². The Morgan fingerprint density at radius 1 is 1.24 bits per heavy atom. The second-order valence-electron chi connectivity index (χ2n) is 5.84. The van der Waals surface area contributed by atoms with Crippen LogP contribution >= 0.6 is 0 Å². The van der Waals surface area contributed by atoms with Crippen LogP contribution in [0.4, 0.5) is 11.4 Å². The number of benzene rings is 1. The first-order chi connectivity index (χ1) is 10.1. The zero-order chi connectivity index (χ0) is 15.4. The third-order valence-corrected chi connectivity index (χ3v) is 4.03. The predicted molar refractivity (Wildman–Crippen MR) is 89.0 cm³/mol. The van der Waals surface area contributed by atoms with Crippen LogP contribution in [0.5, 0.6) is 0 Å². The normalized spacial score (nSPS) is 18.6. The second-order valence-corrected chi connectivity index (χ2v) is 5.84. The van der Waals surface area contributed by atoms with Crippen molar-refractivity contribution in [2.45, 2.75) is 46.2 Å². The zero-order valence-electron chi connectivity index (χ0n) is 13.6. The van der Waals surface area contributed by atoms with E-state index in [2.05, 4.69) is 62.2 Å². The van der Waals surface area contributed by atoms with Crippen molar-refractivity contribution in [3.63, 3.8) is 0 Å². The lowest BCUT2D eigenvalue weighted by Crippen LogP contribution is -2.41. The summed E-state index contributed by atoms with van der Waals surface area (Å²) in [6.07, 6.45) is 0.884. The van der Waals surface area contributed by atoms with Crippen LogP contribution in [0.3, 0.4) is 0 Å². The molecular weight excluding hydrogens is 262 g/mol. The molecule has 0 aromatic heterocycles. The van der Waals surface area contributed by atoms with Crippen LogP contribution in [-0.4, -0.2) is 37.6 Å². The van der Waals surface area contributed by atoms with E-state index in [0.29, 0.717) is 6.04 Å². The van der Waals surface area contributed by atoms with Gasteiger partial charge in [-0.1, -0.05) is 13.8 Å². The maximum Gasteiger partial charge on any atom is 0.244 e. The average molecular weight is 289 g/mol. The molecule has 0 spiro atoms. The van der Waals surface area contributed by atoms with Crippen LogP contribution in [0, 0.1) is 0 Å². The predicted octanol–water partition coefficient (Wildman–Crippen LogP) is 2.64. The highest BCUT2D eigenvalue weighted by atomic mass is 16.2. The summed E-state index contributed by atoms with van der Waals surface area (Å²) in [5.41, 5.74) is 2.22. The van der Waals surface area contributed by atoms with Crippen LogP contribution in [0.2, 0.25) is 0 Å². The highest BCUT2D eigenvalue weighted by Gasteiger charge is 2.32. The van der Waals surface area contributed by atoms with E-state index >= 15 is 0 Å². The fourth-order valence-electron chi connectivity index (χ4n) is 2.93. The van der Waals surface area contributed by atoms with Crippen molar-refractivity contribution in [3.05, 3.63) is 24.3 Å². The molecule has 1 amide bonds. The number of carbonyl (C=O) groups excluding carboxylic acids is 1. The second kappa shape index (κ2) is 6.94. The Labute approximate surface area is 128 Å². The number of carbonyl (C=O) groups is 1. The van der Waals surface area contributed by atoms with E-state index in [4.69, 9.17) is 0 Å². The van der Waals surface area contributed by atoms with Gasteiger partial charge >= 0.3 is 0 Å². The van der Waals surface area contributed by atoms with Gasteiger partial charge in [0.1, 0.15) is 0 Å². The molecule has 0 bridgehead atoms. The molecule has 1 heterocycles. The number of rotatable bonds is 6. The smallest absolute Gasteiger partial charge is 0.244 e. The molecule has 0 aliphatic carbocycles. The standard InChI is InChI=1S/C17H27N3O/c1-5-19(6-2)14-7-9-15(10-8-14)20-12-11-16(17(20)21)18-13(3)4/h7-10,13,16,18H,5-6,11-12H2,1-4H3. The van der Waals surface area contributed by atoms with Crippen molar-refractivity contribution in [2.75, 3.05) is 29.4 Å². The molecular formula is C17H27N3O. The third-order valence-electron chi connectivity index (χ3n) is 4.03. The van der Waals surface area contributed by atoms with Gasteiger partial charge in [-0.15, -0.1) is 0 Å². The third kappa shape index (κ3) is 3.56. The SMILES string of the molecule is CCN(CC)c1ccc(N2CCC(NC(C)C)C2=O)cc1. The summed E-state index contributed by atoms with van der Waals surface area (Å²) in [6, 6.07) is 8.64. The van der Waals surface area contributed by atoms with Gasteiger partial charge in [0, 0.05) is 37.1 Å². The van der Waals surface area contributed by atoms with Crippen molar-refractivity contribution in [1.29, 1.82) is 0 Å². The number of nitrogens with zero attached hydrogens (tertiary/aromatic N) is 2. The Morgan fingerprint density at radius 2 is 1.86 bits per heavy atom. The van der Waals surface area contributed by atoms with Crippen LogP contribution in [-0.2, 0) is 4.79 Å². The lowest BCUT2D eigenvalue weighted by atomic mass is 10.2. The molecule has 116 valence electrons. The van der Waals surface area contributed by atoms with Crippen molar-refractivity contribution in [1.82, 2.24) is 5.32 Å². The molecule has 1 saturated heterocycles. The van der Waals surface area contributed by atoms with Gasteiger partial charge in [0.05, 0.1) is 6.04 Å². The van der Waals surface area contributed by atoms with Crippen LogP contribution in [0.25, 0.3) is 0 Å². The van der Waals surface area contributed by atoms with Gasteiger partial charge in [-0.2, -0.15) is 0 Å². The van der Waals surface area contributed by atoms with Gasteiger partial charge in [-0.25, -0.2) is 0 Å². The minimum absolute atomic E-state index is 0.0348. The number of anilines is 2. The summed E-state index contributed by atoms with van der Waals surface area (Å²) in [7, 11) is 0. The van der Waals surface area contributed by atoms with E-state index in [-0.39, 0.29) is 11.9 Å². The summed E-state index contributed by atoms with van der Waals surface area (Å²) in [4.78, 5) is 16.6. The Balaban J connectivity index is 2.08. The van der Waals surface area contributed by atoms with Crippen molar-refractivity contribution >= 4 is 17.3 Å². The van der Waals surface area contributed by atoms with E-state index < -0.39 is 0 Å². The molecule has 1 unspecified atom stereocenters.